The quantitative estimate of drug-likeness (QED) is 0.0128. The molecule has 2 unspecified atom stereocenters. The number of hydrogen-bond acceptors (Lipinski definition) is 15. The molecule has 0 aromatic rings. The highest BCUT2D eigenvalue weighted by molar-refractivity contribution is 7.47. The summed E-state index contributed by atoms with van der Waals surface area (Å²) < 4.78 is 68.5. The fraction of sp³-hybridized carbons (Fsp3) is 0.844. The number of allylic oxidation sites excluding steroid dienone is 8. The minimum absolute atomic E-state index is 0.0850. The smallest absolute Gasteiger partial charge is 0.462 e. The first-order chi connectivity index (χ1) is 46.7. The second-order valence-corrected chi connectivity index (χ2v) is 29.2. The molecule has 0 fully saturated rings. The molecule has 0 radical (unpaired) electrons. The number of ether oxygens (including phenoxy) is 4. The van der Waals surface area contributed by atoms with E-state index in [9.17, 15) is 43.2 Å². The van der Waals surface area contributed by atoms with Gasteiger partial charge in [-0.3, -0.25) is 37.3 Å². The fourth-order valence-electron chi connectivity index (χ4n) is 10.8. The van der Waals surface area contributed by atoms with Gasteiger partial charge >= 0.3 is 39.5 Å². The Labute approximate surface area is 585 Å². The number of unbranched alkanes of at least 4 members (excludes halogenated alkanes) is 41. The number of aliphatic hydroxyl groups is 1. The predicted octanol–water partition coefficient (Wildman–Crippen LogP) is 22.1. The summed E-state index contributed by atoms with van der Waals surface area (Å²) in [7, 11) is -9.93. The van der Waals surface area contributed by atoms with Crippen LogP contribution < -0.4 is 0 Å². The van der Waals surface area contributed by atoms with E-state index in [2.05, 4.69) is 76.3 Å². The Kier molecular flexibility index (Phi) is 68.3. The van der Waals surface area contributed by atoms with E-state index in [1.54, 1.807) is 0 Å². The van der Waals surface area contributed by atoms with Crippen molar-refractivity contribution in [3.8, 4) is 0 Å². The van der Waals surface area contributed by atoms with Crippen molar-refractivity contribution in [1.29, 1.82) is 0 Å². The molecule has 96 heavy (non-hydrogen) atoms. The van der Waals surface area contributed by atoms with Gasteiger partial charge in [0.15, 0.2) is 12.2 Å². The van der Waals surface area contributed by atoms with Gasteiger partial charge in [0.2, 0.25) is 0 Å². The summed E-state index contributed by atoms with van der Waals surface area (Å²) in [6, 6.07) is 0. The summed E-state index contributed by atoms with van der Waals surface area (Å²) >= 11 is 0. The van der Waals surface area contributed by atoms with Gasteiger partial charge in [-0.1, -0.05) is 301 Å². The zero-order valence-electron chi connectivity index (χ0n) is 61.3. The topological polar surface area (TPSA) is 237 Å². The number of phosphoric ester groups is 2. The van der Waals surface area contributed by atoms with E-state index in [1.165, 1.54) is 154 Å². The van der Waals surface area contributed by atoms with Crippen LogP contribution >= 0.6 is 15.6 Å². The van der Waals surface area contributed by atoms with Gasteiger partial charge in [-0.25, -0.2) is 9.13 Å². The highest BCUT2D eigenvalue weighted by atomic mass is 31.2. The molecule has 17 nitrogen and oxygen atoms in total. The summed E-state index contributed by atoms with van der Waals surface area (Å²) in [5.74, 6) is -2.17. The second kappa shape index (κ2) is 70.5. The van der Waals surface area contributed by atoms with Crippen LogP contribution in [0.1, 0.15) is 362 Å². The van der Waals surface area contributed by atoms with Crippen LogP contribution in [0.3, 0.4) is 0 Å². The number of carbonyl (C=O) groups is 4. The van der Waals surface area contributed by atoms with Crippen LogP contribution in [-0.4, -0.2) is 96.7 Å². The Bertz CT molecular complexity index is 2010. The molecule has 0 heterocycles. The lowest BCUT2D eigenvalue weighted by molar-refractivity contribution is -0.161. The van der Waals surface area contributed by atoms with Crippen LogP contribution in [0.25, 0.3) is 0 Å². The maximum atomic E-state index is 13.1. The minimum Gasteiger partial charge on any atom is -0.462 e. The van der Waals surface area contributed by atoms with Crippen molar-refractivity contribution in [2.75, 3.05) is 39.6 Å². The molecule has 5 atom stereocenters. The molecule has 0 rings (SSSR count). The molecule has 3 N–H and O–H groups in total. The number of rotatable bonds is 74. The van der Waals surface area contributed by atoms with Crippen molar-refractivity contribution in [3.05, 3.63) is 48.6 Å². The molecule has 19 heteroatoms. The third-order valence-electron chi connectivity index (χ3n) is 16.8. The number of aliphatic hydroxyl groups excluding tert-OH is 1. The van der Waals surface area contributed by atoms with Crippen molar-refractivity contribution in [2.24, 2.45) is 0 Å². The van der Waals surface area contributed by atoms with E-state index in [4.69, 9.17) is 37.0 Å². The molecular weight excluding hydrogens is 1260 g/mol. The van der Waals surface area contributed by atoms with Crippen LogP contribution in [-0.2, 0) is 65.4 Å². The lowest BCUT2D eigenvalue weighted by Crippen LogP contribution is -2.30. The van der Waals surface area contributed by atoms with Crippen LogP contribution in [0.2, 0.25) is 0 Å². The first-order valence-electron chi connectivity index (χ1n) is 38.9. The average Bonchev–Trinajstić information content (AvgIpc) is 1.29. The van der Waals surface area contributed by atoms with Crippen molar-refractivity contribution in [3.63, 3.8) is 0 Å². The highest BCUT2D eigenvalue weighted by Crippen LogP contribution is 2.45. The molecule has 0 saturated carbocycles. The van der Waals surface area contributed by atoms with Crippen molar-refractivity contribution in [2.45, 2.75) is 380 Å². The third-order valence-corrected chi connectivity index (χ3v) is 18.7. The molecule has 0 aliphatic rings. The lowest BCUT2D eigenvalue weighted by atomic mass is 10.0. The first kappa shape index (κ1) is 93.0. The van der Waals surface area contributed by atoms with Crippen molar-refractivity contribution in [1.82, 2.24) is 0 Å². The van der Waals surface area contributed by atoms with E-state index < -0.39 is 97.5 Å². The van der Waals surface area contributed by atoms with Crippen LogP contribution in [0.5, 0.6) is 0 Å². The van der Waals surface area contributed by atoms with E-state index >= 15 is 0 Å². The normalized spacial score (nSPS) is 14.2. The van der Waals surface area contributed by atoms with Crippen molar-refractivity contribution >= 4 is 39.5 Å². The Morgan fingerprint density at radius 2 is 0.542 bits per heavy atom. The highest BCUT2D eigenvalue weighted by Gasteiger charge is 2.30. The van der Waals surface area contributed by atoms with Gasteiger partial charge in [0.05, 0.1) is 26.4 Å². The predicted molar refractivity (Wildman–Crippen MR) is 390 cm³/mol. The van der Waals surface area contributed by atoms with Gasteiger partial charge in [-0.2, -0.15) is 0 Å². The van der Waals surface area contributed by atoms with E-state index in [-0.39, 0.29) is 25.7 Å². The van der Waals surface area contributed by atoms with Gasteiger partial charge in [0.1, 0.15) is 19.3 Å². The molecule has 0 aliphatic heterocycles. The number of esters is 4. The van der Waals surface area contributed by atoms with E-state index in [0.29, 0.717) is 25.7 Å². The zero-order valence-corrected chi connectivity index (χ0v) is 63.1. The minimum atomic E-state index is -4.97. The summed E-state index contributed by atoms with van der Waals surface area (Å²) in [6.07, 6.45) is 66.6. The Hall–Kier alpha value is -2.98. The summed E-state index contributed by atoms with van der Waals surface area (Å²) in [5.41, 5.74) is 0. The maximum Gasteiger partial charge on any atom is 0.472 e. The van der Waals surface area contributed by atoms with Crippen LogP contribution in [0, 0.1) is 0 Å². The SMILES string of the molecule is CCCCC/C=C\C/C=C\CCCCCCCC(=O)O[C@H](COC(=O)CCCCCCCCCCCCCCC)COP(=O)(O)OC[C@@H](O)COP(=O)(O)OC[C@@H](COC(=O)CCCCCCC/C=C\C=C/CCCCCC)OC(=O)CCCCCCCCCCCCCCC. The summed E-state index contributed by atoms with van der Waals surface area (Å²) in [6.45, 7) is 4.86. The fourth-order valence-corrected chi connectivity index (χ4v) is 12.4. The van der Waals surface area contributed by atoms with Crippen LogP contribution in [0.4, 0.5) is 0 Å². The summed E-state index contributed by atoms with van der Waals surface area (Å²) in [4.78, 5) is 72.8. The molecule has 562 valence electrons. The molecule has 0 spiro atoms. The number of carbonyl (C=O) groups excluding carboxylic acids is 4. The second-order valence-electron chi connectivity index (χ2n) is 26.3. The summed E-state index contributed by atoms with van der Waals surface area (Å²) in [5, 5.41) is 10.6. The third kappa shape index (κ3) is 69.5. The molecule has 0 bridgehead atoms. The van der Waals surface area contributed by atoms with Crippen LogP contribution in [0.15, 0.2) is 48.6 Å². The molecule has 0 aliphatic carbocycles. The Morgan fingerprint density at radius 1 is 0.302 bits per heavy atom. The average molecular weight is 1400 g/mol. The number of hydrogen-bond donors (Lipinski definition) is 3. The molecule has 0 amide bonds. The Morgan fingerprint density at radius 3 is 0.865 bits per heavy atom. The monoisotopic (exact) mass is 1400 g/mol. The Balaban J connectivity index is 5.33. The van der Waals surface area contributed by atoms with Gasteiger partial charge in [-0.15, -0.1) is 0 Å². The number of phosphoric acid groups is 2. The first-order valence-corrected chi connectivity index (χ1v) is 41.9. The molecule has 0 aromatic heterocycles. The van der Waals surface area contributed by atoms with E-state index in [1.807, 2.05) is 0 Å². The molecular formula is C77H142O17P2. The molecule has 0 aromatic carbocycles. The zero-order chi connectivity index (χ0) is 70.4. The van der Waals surface area contributed by atoms with E-state index in [0.717, 1.165) is 128 Å². The largest absolute Gasteiger partial charge is 0.472 e. The lowest BCUT2D eigenvalue weighted by Gasteiger charge is -2.21. The van der Waals surface area contributed by atoms with Gasteiger partial charge in [0.25, 0.3) is 0 Å². The molecule has 0 saturated heterocycles. The van der Waals surface area contributed by atoms with Gasteiger partial charge < -0.3 is 33.8 Å². The van der Waals surface area contributed by atoms with Crippen molar-refractivity contribution < 1.29 is 80.2 Å². The maximum absolute atomic E-state index is 13.1. The van der Waals surface area contributed by atoms with Gasteiger partial charge in [0, 0.05) is 25.7 Å². The van der Waals surface area contributed by atoms with Gasteiger partial charge in [-0.05, 0) is 83.5 Å². The standard InChI is InChI=1S/C77H142O17P2/c1-5-9-13-17-21-25-29-33-35-39-42-46-50-54-58-62-75(80)88-68-72(93-76(81)63-59-55-51-47-43-38-32-28-24-20-16-12-8-4)69-91-95(83,84)89-65-71(78)66-90-96(85,86)92-70-73(67-87-74(79)61-57-53-49-45-41-37-31-27-23-19-15-11-7-3)94-77(82)64-60-56-52-48-44-40-36-34-30-26-22-18-14-10-6-2/h22,25-26,29,33-36,71-73,78H,5-21,23-24,27-28,30-32,37-70H2,1-4H3,(H,83,84)(H,85,86)/b26-22-,29-25-,35-33-,36-34-/t71-,72+,73+/m0/s1.